The minimum atomic E-state index is -0.377. The molecular formula is C19H26ClN5O. The van der Waals surface area contributed by atoms with Crippen molar-refractivity contribution in [3.8, 4) is 0 Å². The van der Waals surface area contributed by atoms with Gasteiger partial charge in [-0.1, -0.05) is 30.3 Å². The predicted molar refractivity (Wildman–Crippen MR) is 103 cm³/mol. The van der Waals surface area contributed by atoms with E-state index in [2.05, 4.69) is 15.3 Å². The van der Waals surface area contributed by atoms with E-state index in [0.717, 1.165) is 51.3 Å². The number of aromatic nitrogens is 2. The predicted octanol–water partition coefficient (Wildman–Crippen LogP) is 1.40. The maximum Gasteiger partial charge on any atom is 0.252 e. The second-order valence-corrected chi connectivity index (χ2v) is 6.81. The van der Waals surface area contributed by atoms with Crippen LogP contribution >= 0.6 is 12.4 Å². The number of piperazine rings is 1. The number of carbonyl (C=O) groups excluding carboxylic acids is 1. The number of nitrogens with zero attached hydrogens (tertiary/aromatic N) is 4. The highest BCUT2D eigenvalue weighted by Crippen LogP contribution is 2.24. The zero-order valence-corrected chi connectivity index (χ0v) is 15.6. The van der Waals surface area contributed by atoms with Crippen LogP contribution < -0.4 is 5.32 Å². The molecule has 1 aromatic carbocycles. The maximum absolute atomic E-state index is 13.3. The molecule has 0 aliphatic carbocycles. The summed E-state index contributed by atoms with van der Waals surface area (Å²) in [4.78, 5) is 17.8. The fourth-order valence-electron chi connectivity index (χ4n) is 3.94. The Morgan fingerprint density at radius 2 is 1.88 bits per heavy atom. The SMILES string of the molecule is Cl.O=C(C(c1ccccc1)n1cccn1)N1CCC(N2CCNCC2)C1. The van der Waals surface area contributed by atoms with Gasteiger partial charge < -0.3 is 10.2 Å². The minimum Gasteiger partial charge on any atom is -0.339 e. The zero-order valence-electron chi connectivity index (χ0n) is 14.8. The molecule has 7 heteroatoms. The lowest BCUT2D eigenvalue weighted by molar-refractivity contribution is -0.133. The summed E-state index contributed by atoms with van der Waals surface area (Å²) in [5.41, 5.74) is 0.988. The Balaban J connectivity index is 0.00000196. The third-order valence-corrected chi connectivity index (χ3v) is 5.28. The fraction of sp³-hybridized carbons (Fsp3) is 0.474. The molecule has 140 valence electrons. The Kier molecular flexibility index (Phi) is 6.29. The molecule has 2 aliphatic rings. The van der Waals surface area contributed by atoms with Crippen LogP contribution in [0.15, 0.2) is 48.8 Å². The Morgan fingerprint density at radius 1 is 1.12 bits per heavy atom. The lowest BCUT2D eigenvalue weighted by atomic mass is 10.1. The first-order valence-corrected chi connectivity index (χ1v) is 9.10. The number of benzene rings is 1. The van der Waals surface area contributed by atoms with Gasteiger partial charge in [-0.25, -0.2) is 0 Å². The fourth-order valence-corrected chi connectivity index (χ4v) is 3.94. The number of carbonyl (C=O) groups is 1. The molecule has 2 saturated heterocycles. The van der Waals surface area contributed by atoms with E-state index in [0.29, 0.717) is 6.04 Å². The molecule has 6 nitrogen and oxygen atoms in total. The Morgan fingerprint density at radius 3 is 2.58 bits per heavy atom. The molecule has 2 fully saturated rings. The first kappa shape index (κ1) is 18.9. The maximum atomic E-state index is 13.3. The molecule has 2 unspecified atom stereocenters. The van der Waals surface area contributed by atoms with Gasteiger partial charge in [-0.15, -0.1) is 12.4 Å². The van der Waals surface area contributed by atoms with Crippen LogP contribution in [0.25, 0.3) is 0 Å². The van der Waals surface area contributed by atoms with Gasteiger partial charge in [0.2, 0.25) is 0 Å². The van der Waals surface area contributed by atoms with Crippen LogP contribution in [0.1, 0.15) is 18.0 Å². The quantitative estimate of drug-likeness (QED) is 0.877. The highest BCUT2D eigenvalue weighted by molar-refractivity contribution is 5.85. The van der Waals surface area contributed by atoms with E-state index in [1.54, 1.807) is 10.9 Å². The van der Waals surface area contributed by atoms with Crippen molar-refractivity contribution in [2.45, 2.75) is 18.5 Å². The van der Waals surface area contributed by atoms with Crippen LogP contribution in [0.3, 0.4) is 0 Å². The van der Waals surface area contributed by atoms with Gasteiger partial charge in [0.05, 0.1) is 0 Å². The molecule has 2 atom stereocenters. The van der Waals surface area contributed by atoms with E-state index in [1.807, 2.05) is 47.5 Å². The number of nitrogens with one attached hydrogen (secondary N) is 1. The van der Waals surface area contributed by atoms with E-state index in [-0.39, 0.29) is 24.4 Å². The van der Waals surface area contributed by atoms with E-state index in [9.17, 15) is 4.79 Å². The monoisotopic (exact) mass is 375 g/mol. The van der Waals surface area contributed by atoms with Crippen LogP contribution in [-0.4, -0.2) is 70.8 Å². The topological polar surface area (TPSA) is 53.4 Å². The summed E-state index contributed by atoms with van der Waals surface area (Å²) in [5.74, 6) is 0.146. The van der Waals surface area contributed by atoms with Gasteiger partial charge in [0.15, 0.2) is 6.04 Å². The summed E-state index contributed by atoms with van der Waals surface area (Å²) in [6.45, 7) is 5.90. The molecule has 1 amide bonds. The van der Waals surface area contributed by atoms with Crippen molar-refractivity contribution in [3.63, 3.8) is 0 Å². The first-order chi connectivity index (χ1) is 12.3. The second kappa shape index (κ2) is 8.66. The molecule has 0 saturated carbocycles. The van der Waals surface area contributed by atoms with Crippen LogP contribution in [0.5, 0.6) is 0 Å². The van der Waals surface area contributed by atoms with Crippen molar-refractivity contribution >= 4 is 18.3 Å². The zero-order chi connectivity index (χ0) is 17.1. The number of hydrogen-bond acceptors (Lipinski definition) is 4. The van der Waals surface area contributed by atoms with E-state index < -0.39 is 0 Å². The molecular weight excluding hydrogens is 350 g/mol. The highest BCUT2D eigenvalue weighted by Gasteiger charge is 2.35. The van der Waals surface area contributed by atoms with Crippen molar-refractivity contribution in [2.75, 3.05) is 39.3 Å². The van der Waals surface area contributed by atoms with E-state index in [1.165, 1.54) is 0 Å². The van der Waals surface area contributed by atoms with Gasteiger partial charge >= 0.3 is 0 Å². The summed E-state index contributed by atoms with van der Waals surface area (Å²) in [5, 5.41) is 7.74. The summed E-state index contributed by atoms with van der Waals surface area (Å²) < 4.78 is 1.77. The minimum absolute atomic E-state index is 0. The van der Waals surface area contributed by atoms with E-state index in [4.69, 9.17) is 0 Å². The third kappa shape index (κ3) is 3.92. The lowest BCUT2D eigenvalue weighted by Gasteiger charge is -2.33. The van der Waals surface area contributed by atoms with Gasteiger partial charge in [-0.2, -0.15) is 5.10 Å². The van der Waals surface area contributed by atoms with Crippen molar-refractivity contribution in [1.29, 1.82) is 0 Å². The molecule has 1 N–H and O–H groups in total. The van der Waals surface area contributed by atoms with Crippen molar-refractivity contribution in [1.82, 2.24) is 24.9 Å². The van der Waals surface area contributed by atoms with Crippen LogP contribution in [0.2, 0.25) is 0 Å². The molecule has 3 heterocycles. The highest BCUT2D eigenvalue weighted by atomic mass is 35.5. The normalized spacial score (nSPS) is 22.0. The molecule has 2 aliphatic heterocycles. The molecule has 1 aromatic heterocycles. The Labute approximate surface area is 160 Å². The van der Waals surface area contributed by atoms with Crippen LogP contribution in [0, 0.1) is 0 Å². The van der Waals surface area contributed by atoms with Gasteiger partial charge in [0, 0.05) is 57.7 Å². The molecule has 0 bridgehead atoms. The second-order valence-electron chi connectivity index (χ2n) is 6.81. The molecule has 2 aromatic rings. The summed E-state index contributed by atoms with van der Waals surface area (Å²) >= 11 is 0. The molecule has 4 rings (SSSR count). The average molecular weight is 376 g/mol. The Hall–Kier alpha value is -1.89. The average Bonchev–Trinajstić information content (AvgIpc) is 3.36. The van der Waals surface area contributed by atoms with Crippen molar-refractivity contribution < 1.29 is 4.79 Å². The summed E-state index contributed by atoms with van der Waals surface area (Å²) in [6, 6.07) is 11.9. The van der Waals surface area contributed by atoms with Crippen molar-refractivity contribution in [3.05, 3.63) is 54.4 Å². The first-order valence-electron chi connectivity index (χ1n) is 9.10. The molecule has 26 heavy (non-hydrogen) atoms. The summed E-state index contributed by atoms with van der Waals surface area (Å²) in [6.07, 6.45) is 4.67. The lowest BCUT2D eigenvalue weighted by Crippen LogP contribution is -2.49. The number of halogens is 1. The largest absolute Gasteiger partial charge is 0.339 e. The standard InChI is InChI=1S/C19H25N5O.ClH/c25-19(23-12-7-17(15-23)22-13-9-20-10-14-22)18(24-11-4-8-21-24)16-5-2-1-3-6-16;/h1-6,8,11,17-18,20H,7,9-10,12-15H2;1H. The summed E-state index contributed by atoms with van der Waals surface area (Å²) in [7, 11) is 0. The number of hydrogen-bond donors (Lipinski definition) is 1. The number of likely N-dealkylation sites (tertiary alicyclic amines) is 1. The van der Waals surface area contributed by atoms with Crippen LogP contribution in [-0.2, 0) is 4.79 Å². The Bertz CT molecular complexity index is 687. The third-order valence-electron chi connectivity index (χ3n) is 5.28. The number of amides is 1. The van der Waals surface area contributed by atoms with Crippen molar-refractivity contribution in [2.24, 2.45) is 0 Å². The number of rotatable bonds is 4. The van der Waals surface area contributed by atoms with Gasteiger partial charge in [0.25, 0.3) is 5.91 Å². The van der Waals surface area contributed by atoms with E-state index >= 15 is 0 Å². The van der Waals surface area contributed by atoms with Crippen LogP contribution in [0.4, 0.5) is 0 Å². The van der Waals surface area contributed by atoms with Gasteiger partial charge in [-0.05, 0) is 18.1 Å². The van der Waals surface area contributed by atoms with Gasteiger partial charge in [-0.3, -0.25) is 14.4 Å². The molecule has 0 spiro atoms. The van der Waals surface area contributed by atoms with Gasteiger partial charge in [0.1, 0.15) is 0 Å². The smallest absolute Gasteiger partial charge is 0.252 e. The molecule has 0 radical (unpaired) electrons.